The molecule has 1 saturated heterocycles. The fourth-order valence-corrected chi connectivity index (χ4v) is 2.75. The van der Waals surface area contributed by atoms with Gasteiger partial charge in [0.15, 0.2) is 5.76 Å². The van der Waals surface area contributed by atoms with E-state index < -0.39 is 5.97 Å². The van der Waals surface area contributed by atoms with Crippen LogP contribution in [-0.2, 0) is 14.3 Å². The van der Waals surface area contributed by atoms with Gasteiger partial charge in [-0.3, -0.25) is 9.69 Å². The SMILES string of the molecule is CCOC(=O)c1cccc(/N=C2\O/C(=C/c3ccc(OC)cc3)C(=O)N2CC)c1. The van der Waals surface area contributed by atoms with Crippen LogP contribution in [0.4, 0.5) is 5.69 Å². The monoisotopic (exact) mass is 394 g/mol. The summed E-state index contributed by atoms with van der Waals surface area (Å²) in [6, 6.07) is 14.1. The van der Waals surface area contributed by atoms with Crippen LogP contribution in [-0.4, -0.2) is 43.1 Å². The van der Waals surface area contributed by atoms with E-state index in [1.807, 2.05) is 19.1 Å². The average molecular weight is 394 g/mol. The highest BCUT2D eigenvalue weighted by Gasteiger charge is 2.33. The van der Waals surface area contributed by atoms with Crippen molar-refractivity contribution in [2.24, 2.45) is 4.99 Å². The number of amides is 1. The van der Waals surface area contributed by atoms with E-state index in [4.69, 9.17) is 14.2 Å². The van der Waals surface area contributed by atoms with Gasteiger partial charge in [-0.1, -0.05) is 18.2 Å². The lowest BCUT2D eigenvalue weighted by molar-refractivity contribution is -0.122. The summed E-state index contributed by atoms with van der Waals surface area (Å²) in [6.07, 6.45) is 1.65. The van der Waals surface area contributed by atoms with Crippen molar-refractivity contribution in [3.8, 4) is 5.75 Å². The molecule has 0 atom stereocenters. The van der Waals surface area contributed by atoms with Gasteiger partial charge in [0.1, 0.15) is 5.75 Å². The molecule has 0 aliphatic carbocycles. The van der Waals surface area contributed by atoms with Gasteiger partial charge < -0.3 is 14.2 Å². The number of aliphatic imine (C=N–C) groups is 1. The molecule has 1 aliphatic rings. The first kappa shape index (κ1) is 20.1. The zero-order chi connectivity index (χ0) is 20.8. The fraction of sp³-hybridized carbons (Fsp3) is 0.227. The summed E-state index contributed by atoms with van der Waals surface area (Å²) in [6.45, 7) is 4.27. The molecule has 1 amide bonds. The fourth-order valence-electron chi connectivity index (χ4n) is 2.75. The van der Waals surface area contributed by atoms with Crippen molar-refractivity contribution in [2.75, 3.05) is 20.3 Å². The molecule has 7 heteroatoms. The van der Waals surface area contributed by atoms with E-state index in [-0.39, 0.29) is 24.3 Å². The lowest BCUT2D eigenvalue weighted by Gasteiger charge is -2.09. The Morgan fingerprint density at radius 2 is 1.93 bits per heavy atom. The molecule has 0 saturated carbocycles. The number of rotatable bonds is 6. The van der Waals surface area contributed by atoms with Crippen LogP contribution in [0.5, 0.6) is 5.75 Å². The van der Waals surface area contributed by atoms with Crippen LogP contribution in [0, 0.1) is 0 Å². The Morgan fingerprint density at radius 1 is 1.17 bits per heavy atom. The van der Waals surface area contributed by atoms with Crippen LogP contribution in [0.25, 0.3) is 6.08 Å². The average Bonchev–Trinajstić information content (AvgIpc) is 3.03. The van der Waals surface area contributed by atoms with E-state index in [2.05, 4.69) is 4.99 Å². The minimum atomic E-state index is -0.426. The molecule has 7 nitrogen and oxygen atoms in total. The third-order valence-corrected chi connectivity index (χ3v) is 4.20. The second kappa shape index (κ2) is 9.05. The van der Waals surface area contributed by atoms with Crippen LogP contribution in [0.1, 0.15) is 29.8 Å². The van der Waals surface area contributed by atoms with E-state index in [9.17, 15) is 9.59 Å². The molecule has 0 bridgehead atoms. The van der Waals surface area contributed by atoms with Crippen molar-refractivity contribution in [3.63, 3.8) is 0 Å². The van der Waals surface area contributed by atoms with Crippen LogP contribution in [0.3, 0.4) is 0 Å². The highest BCUT2D eigenvalue weighted by atomic mass is 16.5. The van der Waals surface area contributed by atoms with Gasteiger partial charge in [0.2, 0.25) is 0 Å². The molecule has 3 rings (SSSR count). The van der Waals surface area contributed by atoms with Crippen molar-refractivity contribution in [1.29, 1.82) is 0 Å². The lowest BCUT2D eigenvalue weighted by Crippen LogP contribution is -2.29. The standard InChI is InChI=1S/C22H22N2O5/c1-4-24-20(25)19(13-15-9-11-18(27-3)12-10-15)29-22(24)23-17-8-6-7-16(14-17)21(26)28-5-2/h6-14H,4-5H2,1-3H3/b19-13+,23-22-. The molecule has 0 N–H and O–H groups in total. The summed E-state index contributed by atoms with van der Waals surface area (Å²) < 4.78 is 15.9. The molecular weight excluding hydrogens is 372 g/mol. The highest BCUT2D eigenvalue weighted by molar-refractivity contribution is 6.11. The molecule has 0 unspecified atom stereocenters. The maximum atomic E-state index is 12.7. The van der Waals surface area contributed by atoms with Crippen molar-refractivity contribution in [2.45, 2.75) is 13.8 Å². The predicted octanol–water partition coefficient (Wildman–Crippen LogP) is 3.78. The molecule has 0 aromatic heterocycles. The van der Waals surface area contributed by atoms with Gasteiger partial charge >= 0.3 is 12.0 Å². The topological polar surface area (TPSA) is 77.4 Å². The Labute approximate surface area is 169 Å². The Kier molecular flexibility index (Phi) is 6.29. The molecule has 150 valence electrons. The minimum Gasteiger partial charge on any atom is -0.497 e. The summed E-state index contributed by atoms with van der Waals surface area (Å²) in [5.41, 5.74) is 1.67. The van der Waals surface area contributed by atoms with Gasteiger partial charge in [-0.2, -0.15) is 4.99 Å². The molecule has 0 radical (unpaired) electrons. The number of methoxy groups -OCH3 is 1. The second-order valence-electron chi connectivity index (χ2n) is 6.10. The third kappa shape index (κ3) is 4.63. The van der Waals surface area contributed by atoms with Crippen molar-refractivity contribution < 1.29 is 23.8 Å². The van der Waals surface area contributed by atoms with E-state index in [0.717, 1.165) is 11.3 Å². The molecule has 1 aliphatic heterocycles. The molecule has 1 fully saturated rings. The Hall–Kier alpha value is -3.61. The molecule has 1 heterocycles. The Bertz CT molecular complexity index is 963. The first-order valence-electron chi connectivity index (χ1n) is 9.27. The van der Waals surface area contributed by atoms with Crippen molar-refractivity contribution in [1.82, 2.24) is 4.90 Å². The summed E-state index contributed by atoms with van der Waals surface area (Å²) in [5, 5.41) is 0. The minimum absolute atomic E-state index is 0.165. The molecule has 29 heavy (non-hydrogen) atoms. The van der Waals surface area contributed by atoms with Gasteiger partial charge in [-0.05, 0) is 55.8 Å². The number of nitrogens with zero attached hydrogens (tertiary/aromatic N) is 2. The van der Waals surface area contributed by atoms with Crippen LogP contribution in [0.2, 0.25) is 0 Å². The summed E-state index contributed by atoms with van der Waals surface area (Å²) in [4.78, 5) is 30.5. The van der Waals surface area contributed by atoms with Gasteiger partial charge in [0.05, 0.1) is 25.0 Å². The van der Waals surface area contributed by atoms with E-state index >= 15 is 0 Å². The quantitative estimate of drug-likeness (QED) is 0.550. The maximum Gasteiger partial charge on any atom is 0.338 e. The molecule has 0 spiro atoms. The molecule has 2 aromatic carbocycles. The van der Waals surface area contributed by atoms with Gasteiger partial charge in [-0.25, -0.2) is 4.79 Å². The van der Waals surface area contributed by atoms with Crippen molar-refractivity contribution >= 4 is 29.7 Å². The first-order valence-corrected chi connectivity index (χ1v) is 9.27. The number of hydrogen-bond acceptors (Lipinski definition) is 6. The third-order valence-electron chi connectivity index (χ3n) is 4.20. The maximum absolute atomic E-state index is 12.7. The van der Waals surface area contributed by atoms with E-state index in [1.54, 1.807) is 56.5 Å². The largest absolute Gasteiger partial charge is 0.497 e. The Balaban J connectivity index is 1.87. The zero-order valence-corrected chi connectivity index (χ0v) is 16.5. The predicted molar refractivity (Wildman–Crippen MR) is 109 cm³/mol. The van der Waals surface area contributed by atoms with Gasteiger partial charge in [0, 0.05) is 6.54 Å². The number of amidine groups is 1. The smallest absolute Gasteiger partial charge is 0.338 e. The normalized spacial score (nSPS) is 16.2. The van der Waals surface area contributed by atoms with Crippen molar-refractivity contribution in [3.05, 3.63) is 65.4 Å². The van der Waals surface area contributed by atoms with Crippen LogP contribution < -0.4 is 4.74 Å². The van der Waals surface area contributed by atoms with Gasteiger partial charge in [-0.15, -0.1) is 0 Å². The summed E-state index contributed by atoms with van der Waals surface area (Å²) in [7, 11) is 1.59. The number of carbonyl (C=O) groups excluding carboxylic acids is 2. The van der Waals surface area contributed by atoms with Gasteiger partial charge in [0.25, 0.3) is 5.91 Å². The number of esters is 1. The molecular formula is C22H22N2O5. The lowest BCUT2D eigenvalue weighted by atomic mass is 10.2. The number of hydrogen-bond donors (Lipinski definition) is 0. The van der Waals surface area contributed by atoms with Crippen LogP contribution in [0.15, 0.2) is 59.3 Å². The highest BCUT2D eigenvalue weighted by Crippen LogP contribution is 2.24. The van der Waals surface area contributed by atoms with Crippen LogP contribution >= 0.6 is 0 Å². The van der Waals surface area contributed by atoms with E-state index in [1.165, 1.54) is 4.90 Å². The molecule has 2 aromatic rings. The van der Waals surface area contributed by atoms with E-state index in [0.29, 0.717) is 17.8 Å². The number of ether oxygens (including phenoxy) is 3. The number of benzene rings is 2. The first-order chi connectivity index (χ1) is 14.0. The zero-order valence-electron chi connectivity index (χ0n) is 16.5. The Morgan fingerprint density at radius 3 is 2.59 bits per heavy atom. The second-order valence-corrected chi connectivity index (χ2v) is 6.10. The summed E-state index contributed by atoms with van der Waals surface area (Å²) in [5.74, 6) is 0.205. The summed E-state index contributed by atoms with van der Waals surface area (Å²) >= 11 is 0. The number of likely N-dealkylation sites (N-methyl/N-ethyl adjacent to an activating group) is 1. The number of carbonyl (C=O) groups is 2.